The fourth-order valence-corrected chi connectivity index (χ4v) is 2.08. The van der Waals surface area contributed by atoms with E-state index in [1.165, 1.54) is 6.92 Å². The van der Waals surface area contributed by atoms with Gasteiger partial charge in [0, 0.05) is 0 Å². The maximum absolute atomic E-state index is 13.2. The Morgan fingerprint density at radius 1 is 1.38 bits per heavy atom. The quantitative estimate of drug-likeness (QED) is 0.379. The second-order valence-corrected chi connectivity index (χ2v) is 5.68. The molecule has 0 aliphatic carbocycles. The summed E-state index contributed by atoms with van der Waals surface area (Å²) in [5.41, 5.74) is 3.96. The van der Waals surface area contributed by atoms with Crippen molar-refractivity contribution in [3.63, 3.8) is 0 Å². The molecule has 5 heteroatoms. The van der Waals surface area contributed by atoms with Crippen LogP contribution in [0.4, 0.5) is 4.39 Å². The van der Waals surface area contributed by atoms with Crippen molar-refractivity contribution in [2.45, 2.75) is 53.8 Å². The third kappa shape index (κ3) is 6.30. The summed E-state index contributed by atoms with van der Waals surface area (Å²) >= 11 is 0. The summed E-state index contributed by atoms with van der Waals surface area (Å²) in [5.74, 6) is 0.585. The van der Waals surface area contributed by atoms with Crippen molar-refractivity contribution >= 4 is 18.8 Å². The number of hydrogen-bond donors (Lipinski definition) is 0. The van der Waals surface area contributed by atoms with Gasteiger partial charge in [0.25, 0.3) is 0 Å². The predicted molar refractivity (Wildman–Crippen MR) is 103 cm³/mol. The molecule has 1 unspecified atom stereocenters. The summed E-state index contributed by atoms with van der Waals surface area (Å²) < 4.78 is 18.5. The summed E-state index contributed by atoms with van der Waals surface area (Å²) in [6, 6.07) is 0. The van der Waals surface area contributed by atoms with Crippen LogP contribution in [-0.2, 0) is 4.74 Å². The van der Waals surface area contributed by atoms with E-state index in [0.717, 1.165) is 35.3 Å². The molecule has 0 aromatic carbocycles. The molecule has 0 fully saturated rings. The molecule has 0 saturated carbocycles. The van der Waals surface area contributed by atoms with Gasteiger partial charge in [-0.15, -0.1) is 0 Å². The fourth-order valence-electron chi connectivity index (χ4n) is 2.08. The molecule has 1 rings (SSSR count). The number of alkyl halides is 1. The Morgan fingerprint density at radius 3 is 2.62 bits per heavy atom. The molecule has 1 aliphatic rings. The van der Waals surface area contributed by atoms with Crippen molar-refractivity contribution in [2.75, 3.05) is 6.54 Å². The normalized spacial score (nSPS) is 17.9. The third-order valence-corrected chi connectivity index (χ3v) is 3.80. The van der Waals surface area contributed by atoms with Gasteiger partial charge < -0.3 is 0 Å². The standard InChI is InChI=1S/C19H28BFN2O/c1-6-14(4)18(24-15(5)21)11-9-16(7-2)13-23-19(20)12-10-17(8-3)22-23/h7,9-12,15,20H,6,8,13H2,1-5H3/b11-9-,16-7+,18-14-. The zero-order valence-electron chi connectivity index (χ0n) is 15.5. The van der Waals surface area contributed by atoms with Gasteiger partial charge in [0.05, 0.1) is 0 Å². The molecule has 0 saturated heterocycles. The number of hydrogen-bond acceptors (Lipinski definition) is 3. The van der Waals surface area contributed by atoms with Crippen molar-refractivity contribution in [1.29, 1.82) is 0 Å². The molecule has 0 N–H and O–H groups in total. The second kappa shape index (κ2) is 10.1. The van der Waals surface area contributed by atoms with Gasteiger partial charge in [-0.2, -0.15) is 0 Å². The number of nitrogens with zero attached hydrogens (tertiary/aromatic N) is 2. The first-order chi connectivity index (χ1) is 11.4. The Hall–Kier alpha value is -1.91. The molecule has 3 nitrogen and oxygen atoms in total. The van der Waals surface area contributed by atoms with Crippen LogP contribution in [0.1, 0.15) is 47.5 Å². The van der Waals surface area contributed by atoms with Crippen LogP contribution in [0.15, 0.2) is 52.4 Å². The monoisotopic (exact) mass is 330 g/mol. The van der Waals surface area contributed by atoms with Crippen LogP contribution in [0.25, 0.3) is 0 Å². The number of rotatable bonds is 8. The summed E-state index contributed by atoms with van der Waals surface area (Å²) in [4.78, 5) is 0. The van der Waals surface area contributed by atoms with Gasteiger partial charge in [0.15, 0.2) is 0 Å². The molecule has 0 amide bonds. The molecule has 24 heavy (non-hydrogen) atoms. The van der Waals surface area contributed by atoms with Crippen LogP contribution in [0.3, 0.4) is 0 Å². The Labute approximate surface area is 146 Å². The first kappa shape index (κ1) is 20.1. The molecule has 0 aromatic rings. The third-order valence-electron chi connectivity index (χ3n) is 3.80. The Balaban J connectivity index is 2.89. The fraction of sp³-hybridized carbons (Fsp3) is 0.474. The van der Waals surface area contributed by atoms with Gasteiger partial charge in [0.1, 0.15) is 0 Å². The summed E-state index contributed by atoms with van der Waals surface area (Å²) in [7, 11) is 4.02. The van der Waals surface area contributed by atoms with E-state index in [0.29, 0.717) is 12.3 Å². The topological polar surface area (TPSA) is 24.8 Å². The van der Waals surface area contributed by atoms with E-state index in [4.69, 9.17) is 4.74 Å². The van der Waals surface area contributed by atoms with Crippen molar-refractivity contribution in [2.24, 2.45) is 5.10 Å². The zero-order valence-corrected chi connectivity index (χ0v) is 15.5. The number of ether oxygens (including phenoxy) is 1. The number of halogens is 1. The zero-order chi connectivity index (χ0) is 18.1. The minimum absolute atomic E-state index is 0.585. The Bertz CT molecular complexity index is 600. The minimum atomic E-state index is -1.33. The van der Waals surface area contributed by atoms with Crippen LogP contribution in [-0.4, -0.2) is 36.7 Å². The van der Waals surface area contributed by atoms with Gasteiger partial charge >= 0.3 is 146 Å². The molecule has 0 radical (unpaired) electrons. The van der Waals surface area contributed by atoms with Gasteiger partial charge in [-0.05, 0) is 0 Å². The van der Waals surface area contributed by atoms with Crippen molar-refractivity contribution in [1.82, 2.24) is 5.01 Å². The summed E-state index contributed by atoms with van der Waals surface area (Å²) in [6.45, 7) is 10.0. The van der Waals surface area contributed by atoms with Crippen LogP contribution in [0.2, 0.25) is 0 Å². The van der Waals surface area contributed by atoms with E-state index in [1.807, 2.05) is 56.2 Å². The van der Waals surface area contributed by atoms with E-state index < -0.39 is 6.36 Å². The second-order valence-electron chi connectivity index (χ2n) is 5.68. The first-order valence-electron chi connectivity index (χ1n) is 8.46. The molecule has 0 spiro atoms. The van der Waals surface area contributed by atoms with E-state index in [-0.39, 0.29) is 0 Å². The average molecular weight is 330 g/mol. The molecule has 130 valence electrons. The molecular weight excluding hydrogens is 302 g/mol. The van der Waals surface area contributed by atoms with Crippen LogP contribution >= 0.6 is 0 Å². The summed E-state index contributed by atoms with van der Waals surface area (Å²) in [6.07, 6.45) is 10.1. The molecule has 0 aromatic heterocycles. The van der Waals surface area contributed by atoms with Gasteiger partial charge in [-0.3, -0.25) is 0 Å². The maximum atomic E-state index is 13.2. The van der Waals surface area contributed by atoms with E-state index in [1.54, 1.807) is 0 Å². The first-order valence-corrected chi connectivity index (χ1v) is 8.46. The van der Waals surface area contributed by atoms with E-state index in [9.17, 15) is 4.39 Å². The molecule has 0 bridgehead atoms. The summed E-state index contributed by atoms with van der Waals surface area (Å²) in [5, 5.41) is 6.46. The van der Waals surface area contributed by atoms with Crippen LogP contribution in [0.5, 0.6) is 0 Å². The van der Waals surface area contributed by atoms with Crippen LogP contribution in [0, 0.1) is 0 Å². The predicted octanol–water partition coefficient (Wildman–Crippen LogP) is 4.17. The Morgan fingerprint density at radius 2 is 2.08 bits per heavy atom. The van der Waals surface area contributed by atoms with E-state index in [2.05, 4.69) is 19.5 Å². The van der Waals surface area contributed by atoms with Crippen molar-refractivity contribution in [3.8, 4) is 0 Å². The van der Waals surface area contributed by atoms with Crippen molar-refractivity contribution in [3.05, 3.63) is 47.3 Å². The molecular formula is C19H28BFN2O. The van der Waals surface area contributed by atoms with Crippen LogP contribution < -0.4 is 0 Å². The number of hydrazone groups is 1. The van der Waals surface area contributed by atoms with E-state index >= 15 is 0 Å². The van der Waals surface area contributed by atoms with Crippen molar-refractivity contribution < 1.29 is 9.13 Å². The van der Waals surface area contributed by atoms with Gasteiger partial charge in [0.2, 0.25) is 0 Å². The molecule has 1 aliphatic heterocycles. The molecule has 1 atom stereocenters. The molecule has 1 heterocycles. The number of allylic oxidation sites excluding steroid dienone is 4. The Kier molecular flexibility index (Phi) is 8.44. The van der Waals surface area contributed by atoms with Gasteiger partial charge in [-0.25, -0.2) is 0 Å². The average Bonchev–Trinajstić information content (AvgIpc) is 2.57. The SMILES string of the molecule is B=C1C=CC(CC)=NN1CC(/C=C\C(OC(C)F)=C(/C)CC)=C/C. The van der Waals surface area contributed by atoms with Gasteiger partial charge in [-0.1, -0.05) is 0 Å².